The normalized spacial score (nSPS) is 10.3. The van der Waals surface area contributed by atoms with Gasteiger partial charge in [-0.2, -0.15) is 0 Å². The fourth-order valence-corrected chi connectivity index (χ4v) is 2.62. The Morgan fingerprint density at radius 1 is 1.00 bits per heavy atom. The van der Waals surface area contributed by atoms with Gasteiger partial charge in [-0.15, -0.1) is 0 Å². The standard InChI is InChI=1S/C21H18ClN3O2/c1-14(26)16-3-2-4-18(11-16)25-19-9-10-23-20(12-19)21(27)24-13-15-5-7-17(22)8-6-15/h2-12H,13H2,1H3,(H,23,25)(H,24,27). The van der Waals surface area contributed by atoms with E-state index in [0.717, 1.165) is 11.3 Å². The van der Waals surface area contributed by atoms with Crippen LogP contribution in [0.25, 0.3) is 0 Å². The van der Waals surface area contributed by atoms with E-state index >= 15 is 0 Å². The van der Waals surface area contributed by atoms with Crippen molar-refractivity contribution in [2.45, 2.75) is 13.5 Å². The lowest BCUT2D eigenvalue weighted by atomic mass is 10.1. The molecule has 0 saturated heterocycles. The van der Waals surface area contributed by atoms with Crippen molar-refractivity contribution in [3.05, 3.63) is 88.7 Å². The van der Waals surface area contributed by atoms with Gasteiger partial charge < -0.3 is 10.6 Å². The van der Waals surface area contributed by atoms with Crippen LogP contribution in [0.3, 0.4) is 0 Å². The second-order valence-electron chi connectivity index (χ2n) is 6.00. The van der Waals surface area contributed by atoms with Gasteiger partial charge in [0.15, 0.2) is 5.78 Å². The SMILES string of the molecule is CC(=O)c1cccc(Nc2ccnc(C(=O)NCc3ccc(Cl)cc3)c2)c1. The number of benzene rings is 2. The minimum absolute atomic E-state index is 0.00403. The zero-order chi connectivity index (χ0) is 19.2. The summed E-state index contributed by atoms with van der Waals surface area (Å²) in [5.41, 5.74) is 3.35. The quantitative estimate of drug-likeness (QED) is 0.613. The average molecular weight is 380 g/mol. The lowest BCUT2D eigenvalue weighted by Crippen LogP contribution is -2.23. The summed E-state index contributed by atoms with van der Waals surface area (Å²) < 4.78 is 0. The molecular weight excluding hydrogens is 362 g/mol. The molecule has 5 nitrogen and oxygen atoms in total. The zero-order valence-electron chi connectivity index (χ0n) is 14.7. The molecule has 3 rings (SSSR count). The first-order valence-corrected chi connectivity index (χ1v) is 8.76. The molecule has 2 N–H and O–H groups in total. The summed E-state index contributed by atoms with van der Waals surface area (Å²) in [6, 6.07) is 17.9. The minimum atomic E-state index is -0.272. The van der Waals surface area contributed by atoms with Crippen LogP contribution in [0, 0.1) is 0 Å². The summed E-state index contributed by atoms with van der Waals surface area (Å²) in [5.74, 6) is -0.276. The van der Waals surface area contributed by atoms with Crippen LogP contribution in [-0.2, 0) is 6.54 Å². The molecular formula is C21H18ClN3O2. The molecule has 1 amide bonds. The number of hydrogen-bond acceptors (Lipinski definition) is 4. The molecule has 1 heterocycles. The molecule has 0 aliphatic rings. The van der Waals surface area contributed by atoms with Crippen LogP contribution in [0.1, 0.15) is 33.3 Å². The van der Waals surface area contributed by atoms with Crippen molar-refractivity contribution in [2.24, 2.45) is 0 Å². The number of Topliss-reactive ketones (excluding diaryl/α,β-unsaturated/α-hetero) is 1. The van der Waals surface area contributed by atoms with E-state index in [1.54, 1.807) is 48.7 Å². The van der Waals surface area contributed by atoms with Crippen LogP contribution in [-0.4, -0.2) is 16.7 Å². The Bertz CT molecular complexity index is 971. The fourth-order valence-electron chi connectivity index (χ4n) is 2.49. The Balaban J connectivity index is 1.67. The third kappa shape index (κ3) is 5.15. The predicted octanol–water partition coefficient (Wildman–Crippen LogP) is 4.61. The number of halogens is 1. The van der Waals surface area contributed by atoms with Gasteiger partial charge in [0.25, 0.3) is 5.91 Å². The van der Waals surface area contributed by atoms with Gasteiger partial charge in [-0.05, 0) is 48.9 Å². The number of pyridine rings is 1. The van der Waals surface area contributed by atoms with E-state index in [-0.39, 0.29) is 11.7 Å². The Labute approximate surface area is 162 Å². The van der Waals surface area contributed by atoms with Crippen LogP contribution >= 0.6 is 11.6 Å². The van der Waals surface area contributed by atoms with Gasteiger partial charge in [-0.25, -0.2) is 0 Å². The van der Waals surface area contributed by atoms with Gasteiger partial charge >= 0.3 is 0 Å². The van der Waals surface area contributed by atoms with E-state index in [2.05, 4.69) is 15.6 Å². The maximum atomic E-state index is 12.4. The van der Waals surface area contributed by atoms with Gasteiger partial charge in [0, 0.05) is 34.7 Å². The van der Waals surface area contributed by atoms with E-state index in [0.29, 0.717) is 28.5 Å². The predicted molar refractivity (Wildman–Crippen MR) is 107 cm³/mol. The molecule has 0 aliphatic heterocycles. The second-order valence-corrected chi connectivity index (χ2v) is 6.44. The van der Waals surface area contributed by atoms with Crippen molar-refractivity contribution >= 4 is 34.7 Å². The van der Waals surface area contributed by atoms with Gasteiger partial charge in [-0.3, -0.25) is 14.6 Å². The summed E-state index contributed by atoms with van der Waals surface area (Å²) in [6.07, 6.45) is 1.56. The highest BCUT2D eigenvalue weighted by Crippen LogP contribution is 2.18. The van der Waals surface area contributed by atoms with Crippen molar-refractivity contribution in [3.8, 4) is 0 Å². The van der Waals surface area contributed by atoms with E-state index in [9.17, 15) is 9.59 Å². The molecule has 0 saturated carbocycles. The highest BCUT2D eigenvalue weighted by molar-refractivity contribution is 6.30. The van der Waals surface area contributed by atoms with Crippen molar-refractivity contribution < 1.29 is 9.59 Å². The van der Waals surface area contributed by atoms with Crippen LogP contribution in [0.2, 0.25) is 5.02 Å². The monoisotopic (exact) mass is 379 g/mol. The second kappa shape index (κ2) is 8.47. The Hall–Kier alpha value is -3.18. The highest BCUT2D eigenvalue weighted by Gasteiger charge is 2.08. The smallest absolute Gasteiger partial charge is 0.270 e. The molecule has 0 spiro atoms. The first kappa shape index (κ1) is 18.6. The largest absolute Gasteiger partial charge is 0.355 e. The molecule has 1 aromatic heterocycles. The van der Waals surface area contributed by atoms with E-state index in [4.69, 9.17) is 11.6 Å². The summed E-state index contributed by atoms with van der Waals surface area (Å²) in [4.78, 5) is 28.0. The number of carbonyl (C=O) groups is 2. The number of carbonyl (C=O) groups excluding carboxylic acids is 2. The number of nitrogens with one attached hydrogen (secondary N) is 2. The summed E-state index contributed by atoms with van der Waals surface area (Å²) in [7, 11) is 0. The molecule has 6 heteroatoms. The number of nitrogens with zero attached hydrogens (tertiary/aromatic N) is 1. The summed E-state index contributed by atoms with van der Waals surface area (Å²) >= 11 is 5.86. The lowest BCUT2D eigenvalue weighted by Gasteiger charge is -2.09. The fraction of sp³-hybridized carbons (Fsp3) is 0.0952. The third-order valence-corrected chi connectivity index (χ3v) is 4.17. The van der Waals surface area contributed by atoms with Gasteiger partial charge in [0.2, 0.25) is 0 Å². The maximum Gasteiger partial charge on any atom is 0.270 e. The van der Waals surface area contributed by atoms with E-state index in [1.807, 2.05) is 18.2 Å². The molecule has 0 bridgehead atoms. The van der Waals surface area contributed by atoms with Crippen molar-refractivity contribution in [2.75, 3.05) is 5.32 Å². The Morgan fingerprint density at radius 2 is 1.74 bits per heavy atom. The number of amides is 1. The van der Waals surface area contributed by atoms with Crippen molar-refractivity contribution in [1.29, 1.82) is 0 Å². The molecule has 0 radical (unpaired) electrons. The number of hydrogen-bond donors (Lipinski definition) is 2. The molecule has 0 atom stereocenters. The number of rotatable bonds is 6. The lowest BCUT2D eigenvalue weighted by molar-refractivity contribution is 0.0945. The van der Waals surface area contributed by atoms with E-state index in [1.165, 1.54) is 6.92 Å². The van der Waals surface area contributed by atoms with Crippen molar-refractivity contribution in [1.82, 2.24) is 10.3 Å². The first-order chi connectivity index (χ1) is 13.0. The molecule has 0 aliphatic carbocycles. The van der Waals surface area contributed by atoms with Crippen LogP contribution in [0.15, 0.2) is 66.9 Å². The van der Waals surface area contributed by atoms with Crippen LogP contribution < -0.4 is 10.6 Å². The van der Waals surface area contributed by atoms with E-state index < -0.39 is 0 Å². The molecule has 0 unspecified atom stereocenters. The zero-order valence-corrected chi connectivity index (χ0v) is 15.5. The molecule has 0 fully saturated rings. The van der Waals surface area contributed by atoms with Gasteiger partial charge in [0.05, 0.1) is 0 Å². The van der Waals surface area contributed by atoms with Crippen LogP contribution in [0.5, 0.6) is 0 Å². The molecule has 2 aromatic carbocycles. The molecule has 3 aromatic rings. The van der Waals surface area contributed by atoms with Crippen molar-refractivity contribution in [3.63, 3.8) is 0 Å². The Morgan fingerprint density at radius 3 is 2.48 bits per heavy atom. The number of anilines is 2. The van der Waals surface area contributed by atoms with Crippen LogP contribution in [0.4, 0.5) is 11.4 Å². The number of aromatic nitrogens is 1. The molecule has 27 heavy (non-hydrogen) atoms. The molecule has 136 valence electrons. The third-order valence-electron chi connectivity index (χ3n) is 3.92. The Kier molecular flexibility index (Phi) is 5.84. The van der Waals surface area contributed by atoms with Gasteiger partial charge in [-0.1, -0.05) is 35.9 Å². The maximum absolute atomic E-state index is 12.4. The highest BCUT2D eigenvalue weighted by atomic mass is 35.5. The summed E-state index contributed by atoms with van der Waals surface area (Å²) in [5, 5.41) is 6.67. The average Bonchev–Trinajstić information content (AvgIpc) is 2.67. The topological polar surface area (TPSA) is 71.1 Å². The number of ketones is 1. The van der Waals surface area contributed by atoms with Gasteiger partial charge in [0.1, 0.15) is 5.69 Å². The minimum Gasteiger partial charge on any atom is -0.355 e. The summed E-state index contributed by atoms with van der Waals surface area (Å²) in [6.45, 7) is 1.91. The first-order valence-electron chi connectivity index (χ1n) is 8.38.